The second-order valence-corrected chi connectivity index (χ2v) is 14.4. The quantitative estimate of drug-likeness (QED) is 0.222. The van der Waals surface area contributed by atoms with E-state index in [-0.39, 0.29) is 58.4 Å². The third kappa shape index (κ3) is 7.64. The molecule has 13 heteroatoms. The lowest BCUT2D eigenvalue weighted by molar-refractivity contribution is -0.305. The normalized spacial score (nSPS) is 25.3. The zero-order chi connectivity index (χ0) is 37.5. The molecule has 50 heavy (non-hydrogen) atoms. The molecule has 0 unspecified atom stereocenters. The number of methoxy groups -OCH3 is 1. The highest BCUT2D eigenvalue weighted by atomic mass is 16.7. The minimum atomic E-state index is -1.98. The van der Waals surface area contributed by atoms with E-state index in [4.69, 9.17) is 28.4 Å². The molecule has 0 bridgehead atoms. The molecule has 2 heterocycles. The smallest absolute Gasteiger partial charge is 0.312 e. The van der Waals surface area contributed by atoms with Crippen molar-refractivity contribution in [2.24, 2.45) is 23.7 Å². The van der Waals surface area contributed by atoms with Crippen molar-refractivity contribution >= 4 is 29.2 Å². The van der Waals surface area contributed by atoms with Crippen LogP contribution < -0.4 is 10.1 Å². The SMILES string of the molecule is CO[C@@H](/C=C/O[C@@]1(C)Oc2c(C)c(O)c3c(c2C1=O)C(=O)C=C(NC(=O)CC(C)C)C3=O)[C@@H](C)[C@@H](OC(C)=O)[C@H](C)[C@@H]1OC(C)(C)OC[C@H]1C. The number of Topliss-reactive ketones (excluding diaryl/α,β-unsaturated/α-hetero) is 2. The standard InChI is InChI=1S/C37H49NO12/c1-17(2)14-26(41)38-23-15-24(40)27-28(31(23)43)30(42)20(5)34-29(27)35(44)37(10,50-34)46-13-12-25(45-11)19(4)33(48-22(7)39)21(6)32-18(3)16-47-36(8,9)49-32/h12-13,15,17-19,21,25,32-33,42H,14,16H2,1-11H3,(H,38,41)/b13-12+/t18-,19-,21-,25+,32-,33-,37+/m1/s1. The van der Waals surface area contributed by atoms with Crippen molar-refractivity contribution in [2.45, 2.75) is 106 Å². The molecule has 0 radical (unpaired) electrons. The Labute approximate surface area is 292 Å². The van der Waals surface area contributed by atoms with Crippen LogP contribution in [-0.2, 0) is 33.3 Å². The van der Waals surface area contributed by atoms with Crippen LogP contribution in [0.5, 0.6) is 11.5 Å². The predicted molar refractivity (Wildman–Crippen MR) is 180 cm³/mol. The largest absolute Gasteiger partial charge is 0.507 e. The number of carbonyl (C=O) groups excluding carboxylic acids is 5. The molecule has 274 valence electrons. The number of carbonyl (C=O) groups is 5. The van der Waals surface area contributed by atoms with E-state index >= 15 is 0 Å². The van der Waals surface area contributed by atoms with Crippen LogP contribution in [0.15, 0.2) is 24.1 Å². The number of allylic oxidation sites excluding steroid dienone is 2. The highest BCUT2D eigenvalue weighted by Gasteiger charge is 2.52. The van der Waals surface area contributed by atoms with Crippen LogP contribution in [0.1, 0.15) is 105 Å². The molecule has 0 aromatic heterocycles. The topological polar surface area (TPSA) is 173 Å². The summed E-state index contributed by atoms with van der Waals surface area (Å²) in [6.45, 7) is 17.8. The van der Waals surface area contributed by atoms with Crippen molar-refractivity contribution in [1.82, 2.24) is 5.32 Å². The Kier molecular flexibility index (Phi) is 11.3. The van der Waals surface area contributed by atoms with Crippen LogP contribution in [0.4, 0.5) is 0 Å². The summed E-state index contributed by atoms with van der Waals surface area (Å²) in [4.78, 5) is 65.4. The summed E-state index contributed by atoms with van der Waals surface area (Å²) in [7, 11) is 1.49. The van der Waals surface area contributed by atoms with E-state index in [1.807, 2.05) is 48.5 Å². The van der Waals surface area contributed by atoms with Crippen molar-refractivity contribution in [3.05, 3.63) is 46.4 Å². The van der Waals surface area contributed by atoms with Gasteiger partial charge in [-0.3, -0.25) is 24.0 Å². The first-order chi connectivity index (χ1) is 23.2. The molecule has 1 aromatic carbocycles. The predicted octanol–water partition coefficient (Wildman–Crippen LogP) is 4.95. The van der Waals surface area contributed by atoms with Crippen LogP contribution in [0.2, 0.25) is 0 Å². The second-order valence-electron chi connectivity index (χ2n) is 14.4. The van der Waals surface area contributed by atoms with Crippen LogP contribution in [0.25, 0.3) is 0 Å². The fourth-order valence-electron chi connectivity index (χ4n) is 6.77. The molecule has 1 aliphatic carbocycles. The number of amides is 1. The molecule has 2 aliphatic heterocycles. The van der Waals surface area contributed by atoms with Gasteiger partial charge in [-0.05, 0) is 32.8 Å². The van der Waals surface area contributed by atoms with Gasteiger partial charge in [-0.1, -0.05) is 34.6 Å². The molecule has 7 atom stereocenters. The number of phenols is 1. The van der Waals surface area contributed by atoms with E-state index in [0.29, 0.717) is 6.61 Å². The molecule has 4 rings (SSSR count). The molecule has 1 aromatic rings. The number of nitrogens with one attached hydrogen (secondary N) is 1. The van der Waals surface area contributed by atoms with Crippen molar-refractivity contribution in [3.63, 3.8) is 0 Å². The first-order valence-corrected chi connectivity index (χ1v) is 16.8. The molecule has 2 N–H and O–H groups in total. The van der Waals surface area contributed by atoms with E-state index in [2.05, 4.69) is 5.32 Å². The minimum Gasteiger partial charge on any atom is -0.507 e. The van der Waals surface area contributed by atoms with Gasteiger partial charge in [0, 0.05) is 56.8 Å². The van der Waals surface area contributed by atoms with Gasteiger partial charge < -0.3 is 38.8 Å². The number of rotatable bonds is 12. The maximum absolute atomic E-state index is 13.9. The highest BCUT2D eigenvalue weighted by molar-refractivity contribution is 6.30. The summed E-state index contributed by atoms with van der Waals surface area (Å²) in [5.74, 6) is -7.32. The van der Waals surface area contributed by atoms with Gasteiger partial charge in [-0.25, -0.2) is 0 Å². The number of aromatic hydroxyl groups is 1. The highest BCUT2D eigenvalue weighted by Crippen LogP contribution is 2.48. The first-order valence-electron chi connectivity index (χ1n) is 16.8. The molecule has 1 saturated heterocycles. The van der Waals surface area contributed by atoms with Gasteiger partial charge in [0.2, 0.25) is 11.7 Å². The molecule has 1 amide bonds. The van der Waals surface area contributed by atoms with Gasteiger partial charge in [-0.2, -0.15) is 0 Å². The molecule has 3 aliphatic rings. The molecular weight excluding hydrogens is 650 g/mol. The van der Waals surface area contributed by atoms with E-state index in [9.17, 15) is 29.1 Å². The van der Waals surface area contributed by atoms with Crippen LogP contribution >= 0.6 is 0 Å². The fourth-order valence-corrected chi connectivity index (χ4v) is 6.77. The zero-order valence-corrected chi connectivity index (χ0v) is 30.6. The third-order valence-corrected chi connectivity index (χ3v) is 9.34. The number of esters is 1. The number of fused-ring (bicyclic) bond motifs is 3. The number of ether oxygens (including phenoxy) is 6. The Balaban J connectivity index is 1.58. The van der Waals surface area contributed by atoms with E-state index in [1.165, 1.54) is 34.1 Å². The summed E-state index contributed by atoms with van der Waals surface area (Å²) >= 11 is 0. The Morgan fingerprint density at radius 3 is 2.36 bits per heavy atom. The summed E-state index contributed by atoms with van der Waals surface area (Å²) in [6, 6.07) is 0. The van der Waals surface area contributed by atoms with Gasteiger partial charge in [0.15, 0.2) is 11.6 Å². The number of phenolic OH excluding ortho intramolecular Hbond substituents is 1. The lowest BCUT2D eigenvalue weighted by atomic mass is 9.81. The maximum atomic E-state index is 13.9. The first kappa shape index (κ1) is 38.7. The lowest BCUT2D eigenvalue weighted by Crippen LogP contribution is -2.52. The molecule has 0 saturated carbocycles. The molecular formula is C37H49NO12. The Morgan fingerprint density at radius 1 is 1.10 bits per heavy atom. The van der Waals surface area contributed by atoms with Crippen molar-refractivity contribution < 1.29 is 57.5 Å². The zero-order valence-electron chi connectivity index (χ0n) is 30.6. The summed E-state index contributed by atoms with van der Waals surface area (Å²) in [5.41, 5.74) is -1.17. The fraction of sp³-hybridized carbons (Fsp3) is 0.595. The molecule has 13 nitrogen and oxygen atoms in total. The van der Waals surface area contributed by atoms with Gasteiger partial charge in [0.1, 0.15) is 17.6 Å². The van der Waals surface area contributed by atoms with E-state index in [0.717, 1.165) is 6.08 Å². The number of hydrogen-bond acceptors (Lipinski definition) is 12. The van der Waals surface area contributed by atoms with Gasteiger partial charge in [0.25, 0.3) is 5.78 Å². The second kappa shape index (κ2) is 14.7. The van der Waals surface area contributed by atoms with E-state index in [1.54, 1.807) is 6.08 Å². The minimum absolute atomic E-state index is 0.00193. The number of ketones is 3. The number of benzene rings is 1. The van der Waals surface area contributed by atoms with Crippen molar-refractivity contribution in [1.29, 1.82) is 0 Å². The Hall–Kier alpha value is -4.07. The van der Waals surface area contributed by atoms with Crippen molar-refractivity contribution in [2.75, 3.05) is 13.7 Å². The molecule has 0 spiro atoms. The molecule has 1 fully saturated rings. The van der Waals surface area contributed by atoms with Crippen LogP contribution in [0.3, 0.4) is 0 Å². The van der Waals surface area contributed by atoms with Crippen LogP contribution in [0, 0.1) is 30.6 Å². The summed E-state index contributed by atoms with van der Waals surface area (Å²) < 4.78 is 35.4. The number of hydrogen-bond donors (Lipinski definition) is 2. The lowest BCUT2D eigenvalue weighted by Gasteiger charge is -2.45. The van der Waals surface area contributed by atoms with Gasteiger partial charge in [0.05, 0.1) is 47.5 Å². The summed E-state index contributed by atoms with van der Waals surface area (Å²) in [6.07, 6.45) is 2.26. The average Bonchev–Trinajstić information content (AvgIpc) is 3.28. The van der Waals surface area contributed by atoms with Crippen LogP contribution in [-0.4, -0.2) is 77.9 Å². The van der Waals surface area contributed by atoms with Gasteiger partial charge in [-0.15, -0.1) is 0 Å². The Morgan fingerprint density at radius 2 is 1.76 bits per heavy atom. The van der Waals surface area contributed by atoms with E-state index < -0.39 is 70.2 Å². The average molecular weight is 700 g/mol. The maximum Gasteiger partial charge on any atom is 0.312 e. The Bertz CT molecular complexity index is 1620. The van der Waals surface area contributed by atoms with Crippen molar-refractivity contribution in [3.8, 4) is 11.5 Å². The monoisotopic (exact) mass is 699 g/mol. The van der Waals surface area contributed by atoms with Gasteiger partial charge >= 0.3 is 11.8 Å². The third-order valence-electron chi connectivity index (χ3n) is 9.34. The summed E-state index contributed by atoms with van der Waals surface area (Å²) in [5, 5.41) is 13.5.